The lowest BCUT2D eigenvalue weighted by Crippen LogP contribution is -2.13. The second kappa shape index (κ2) is 5.42. The number of rotatable bonds is 4. The predicted molar refractivity (Wildman–Crippen MR) is 72.4 cm³/mol. The molecule has 0 spiro atoms. The van der Waals surface area contributed by atoms with Crippen molar-refractivity contribution in [3.05, 3.63) is 28.8 Å². The minimum Gasteiger partial charge on any atom is -0.507 e. The number of phenols is 1. The van der Waals surface area contributed by atoms with Gasteiger partial charge in [-0.15, -0.1) is 0 Å². The summed E-state index contributed by atoms with van der Waals surface area (Å²) in [6, 6.07) is 3.50. The summed E-state index contributed by atoms with van der Waals surface area (Å²) in [5.41, 5.74) is 1.57. The molecule has 18 heavy (non-hydrogen) atoms. The van der Waals surface area contributed by atoms with E-state index >= 15 is 0 Å². The van der Waals surface area contributed by atoms with Crippen molar-refractivity contribution in [3.63, 3.8) is 0 Å². The summed E-state index contributed by atoms with van der Waals surface area (Å²) in [5.74, 6) is -1.15. The van der Waals surface area contributed by atoms with Crippen molar-refractivity contribution < 1.29 is 15.0 Å². The average Bonchev–Trinajstić information content (AvgIpc) is 2.25. The third kappa shape index (κ3) is 3.25. The molecule has 0 saturated carbocycles. The van der Waals surface area contributed by atoms with E-state index in [0.29, 0.717) is 6.42 Å². The van der Waals surface area contributed by atoms with Crippen molar-refractivity contribution in [2.24, 2.45) is 0 Å². The molecule has 3 heteroatoms. The molecule has 0 amide bonds. The number of aromatic carboxylic acids is 1. The standard InChI is InChI=1S/C15H22O3/c1-5-6-7-10-8-11(15(2,3)4)9-12(13(10)16)14(17)18/h8-9,16H,5-7H2,1-4H3,(H,17,18). The van der Waals surface area contributed by atoms with Crippen LogP contribution in [0.2, 0.25) is 0 Å². The van der Waals surface area contributed by atoms with Gasteiger partial charge in [-0.2, -0.15) is 0 Å². The van der Waals surface area contributed by atoms with Gasteiger partial charge < -0.3 is 10.2 Å². The fourth-order valence-electron chi connectivity index (χ4n) is 1.85. The van der Waals surface area contributed by atoms with Crippen LogP contribution in [0.5, 0.6) is 5.75 Å². The van der Waals surface area contributed by atoms with Gasteiger partial charge in [-0.25, -0.2) is 4.79 Å². The van der Waals surface area contributed by atoms with Gasteiger partial charge in [0, 0.05) is 0 Å². The summed E-state index contributed by atoms with van der Waals surface area (Å²) in [4.78, 5) is 11.2. The Kier molecular flexibility index (Phi) is 4.38. The molecular weight excluding hydrogens is 228 g/mol. The summed E-state index contributed by atoms with van der Waals surface area (Å²) in [6.07, 6.45) is 2.67. The third-order valence-corrected chi connectivity index (χ3v) is 3.08. The summed E-state index contributed by atoms with van der Waals surface area (Å²) >= 11 is 0. The van der Waals surface area contributed by atoms with E-state index in [1.54, 1.807) is 6.07 Å². The van der Waals surface area contributed by atoms with Gasteiger partial charge in [-0.1, -0.05) is 40.2 Å². The number of carboxylic acid groups (broad SMARTS) is 1. The first kappa shape index (κ1) is 14.6. The predicted octanol–water partition coefficient (Wildman–Crippen LogP) is 3.73. The molecular formula is C15H22O3. The lowest BCUT2D eigenvalue weighted by atomic mass is 9.84. The molecule has 2 N–H and O–H groups in total. The molecule has 1 aromatic carbocycles. The number of aromatic hydroxyl groups is 1. The first-order valence-electron chi connectivity index (χ1n) is 6.37. The Morgan fingerprint density at radius 3 is 2.33 bits per heavy atom. The van der Waals surface area contributed by atoms with Gasteiger partial charge in [-0.3, -0.25) is 0 Å². The molecule has 0 aromatic heterocycles. The highest BCUT2D eigenvalue weighted by Gasteiger charge is 2.21. The van der Waals surface area contributed by atoms with Crippen LogP contribution in [0, 0.1) is 0 Å². The zero-order chi connectivity index (χ0) is 13.9. The molecule has 0 radical (unpaired) electrons. The summed E-state index contributed by atoms with van der Waals surface area (Å²) in [7, 11) is 0. The van der Waals surface area contributed by atoms with Crippen LogP contribution >= 0.6 is 0 Å². The van der Waals surface area contributed by atoms with E-state index in [2.05, 4.69) is 6.92 Å². The molecule has 100 valence electrons. The highest BCUT2D eigenvalue weighted by molar-refractivity contribution is 5.91. The van der Waals surface area contributed by atoms with Gasteiger partial charge >= 0.3 is 5.97 Å². The van der Waals surface area contributed by atoms with E-state index in [1.165, 1.54) is 0 Å². The maximum Gasteiger partial charge on any atom is 0.339 e. The van der Waals surface area contributed by atoms with Crippen LogP contribution in [0.15, 0.2) is 12.1 Å². The fourth-order valence-corrected chi connectivity index (χ4v) is 1.85. The van der Waals surface area contributed by atoms with E-state index < -0.39 is 5.97 Å². The van der Waals surface area contributed by atoms with Gasteiger partial charge in [0.2, 0.25) is 0 Å². The highest BCUT2D eigenvalue weighted by Crippen LogP contribution is 2.32. The Hall–Kier alpha value is -1.51. The topological polar surface area (TPSA) is 57.5 Å². The maximum atomic E-state index is 11.2. The first-order chi connectivity index (χ1) is 8.27. The van der Waals surface area contributed by atoms with Gasteiger partial charge in [0.05, 0.1) is 0 Å². The number of unbranched alkanes of at least 4 members (excludes halogenated alkanes) is 1. The fraction of sp³-hybridized carbons (Fsp3) is 0.533. The van der Waals surface area contributed by atoms with E-state index in [4.69, 9.17) is 5.11 Å². The normalized spacial score (nSPS) is 11.6. The molecule has 0 aliphatic rings. The van der Waals surface area contributed by atoms with Crippen LogP contribution in [0.25, 0.3) is 0 Å². The Labute approximate surface area is 108 Å². The number of carbonyl (C=O) groups is 1. The van der Waals surface area contributed by atoms with Crippen LogP contribution < -0.4 is 0 Å². The lowest BCUT2D eigenvalue weighted by Gasteiger charge is -2.21. The van der Waals surface area contributed by atoms with Crippen LogP contribution in [-0.2, 0) is 11.8 Å². The first-order valence-corrected chi connectivity index (χ1v) is 6.37. The Morgan fingerprint density at radius 2 is 1.89 bits per heavy atom. The number of hydrogen-bond donors (Lipinski definition) is 2. The number of carboxylic acids is 1. The van der Waals surface area contributed by atoms with Gasteiger partial charge in [0.15, 0.2) is 0 Å². The van der Waals surface area contributed by atoms with Crippen LogP contribution in [0.4, 0.5) is 0 Å². The summed E-state index contributed by atoms with van der Waals surface area (Å²) < 4.78 is 0. The molecule has 3 nitrogen and oxygen atoms in total. The molecule has 0 heterocycles. The molecule has 0 fully saturated rings. The zero-order valence-corrected chi connectivity index (χ0v) is 11.6. The van der Waals surface area contributed by atoms with E-state index in [9.17, 15) is 9.90 Å². The van der Waals surface area contributed by atoms with E-state index in [1.807, 2.05) is 26.8 Å². The van der Waals surface area contributed by atoms with Crippen molar-refractivity contribution >= 4 is 5.97 Å². The lowest BCUT2D eigenvalue weighted by molar-refractivity contribution is 0.0693. The van der Waals surface area contributed by atoms with E-state index in [-0.39, 0.29) is 16.7 Å². The van der Waals surface area contributed by atoms with Crippen molar-refractivity contribution in [3.8, 4) is 5.75 Å². The Morgan fingerprint density at radius 1 is 1.28 bits per heavy atom. The van der Waals surface area contributed by atoms with Gasteiger partial charge in [-0.05, 0) is 35.4 Å². The summed E-state index contributed by atoms with van der Waals surface area (Å²) in [5, 5.41) is 19.1. The molecule has 0 bridgehead atoms. The van der Waals surface area contributed by atoms with Crippen LogP contribution in [0.3, 0.4) is 0 Å². The second-order valence-corrected chi connectivity index (χ2v) is 5.69. The maximum absolute atomic E-state index is 11.2. The minimum absolute atomic E-state index is 0.00790. The van der Waals surface area contributed by atoms with Crippen LogP contribution in [0.1, 0.15) is 62.0 Å². The summed E-state index contributed by atoms with van der Waals surface area (Å²) in [6.45, 7) is 8.18. The Balaban J connectivity index is 3.32. The average molecular weight is 250 g/mol. The quantitative estimate of drug-likeness (QED) is 0.856. The monoisotopic (exact) mass is 250 g/mol. The molecule has 1 rings (SSSR count). The molecule has 0 saturated heterocycles. The van der Waals surface area contributed by atoms with Crippen molar-refractivity contribution in [2.75, 3.05) is 0 Å². The van der Waals surface area contributed by atoms with Gasteiger partial charge in [0.25, 0.3) is 0 Å². The molecule has 0 aliphatic heterocycles. The molecule has 0 atom stereocenters. The molecule has 1 aromatic rings. The van der Waals surface area contributed by atoms with Crippen molar-refractivity contribution in [2.45, 2.75) is 52.4 Å². The third-order valence-electron chi connectivity index (χ3n) is 3.08. The number of benzene rings is 1. The highest BCUT2D eigenvalue weighted by atomic mass is 16.4. The zero-order valence-electron chi connectivity index (χ0n) is 11.6. The van der Waals surface area contributed by atoms with E-state index in [0.717, 1.165) is 24.0 Å². The molecule has 0 aliphatic carbocycles. The number of hydrogen-bond acceptors (Lipinski definition) is 2. The SMILES string of the molecule is CCCCc1cc(C(C)(C)C)cc(C(=O)O)c1O. The van der Waals surface area contributed by atoms with Gasteiger partial charge in [0.1, 0.15) is 11.3 Å². The van der Waals surface area contributed by atoms with Crippen molar-refractivity contribution in [1.82, 2.24) is 0 Å². The molecule has 0 unspecified atom stereocenters. The smallest absolute Gasteiger partial charge is 0.339 e. The second-order valence-electron chi connectivity index (χ2n) is 5.69. The van der Waals surface area contributed by atoms with Crippen LogP contribution in [-0.4, -0.2) is 16.2 Å². The minimum atomic E-state index is -1.07. The Bertz CT molecular complexity index is 442. The largest absolute Gasteiger partial charge is 0.507 e. The number of aryl methyl sites for hydroxylation is 1. The van der Waals surface area contributed by atoms with Crippen molar-refractivity contribution in [1.29, 1.82) is 0 Å².